The number of carbonyl (C=O) groups excluding carboxylic acids is 1. The van der Waals surface area contributed by atoms with Crippen LogP contribution in [-0.2, 0) is 4.74 Å². The van der Waals surface area contributed by atoms with Crippen LogP contribution < -0.4 is 4.90 Å². The lowest BCUT2D eigenvalue weighted by molar-refractivity contribution is 0.0438. The van der Waals surface area contributed by atoms with Crippen molar-refractivity contribution >= 4 is 22.5 Å². The summed E-state index contributed by atoms with van der Waals surface area (Å²) in [7, 11) is 0. The predicted octanol–water partition coefficient (Wildman–Crippen LogP) is 1.63. The summed E-state index contributed by atoms with van der Waals surface area (Å²) in [6.07, 6.45) is 0.965. The molecule has 7 nitrogen and oxygen atoms in total. The Balaban J connectivity index is 1.59. The summed E-state index contributed by atoms with van der Waals surface area (Å²) in [5, 5.41) is 10.7. The number of ether oxygens (including phenoxy) is 1. The van der Waals surface area contributed by atoms with Crippen molar-refractivity contribution in [2.75, 3.05) is 57.4 Å². The fraction of sp³-hybridized carbons (Fsp3) is 0.800. The molecule has 23 heavy (non-hydrogen) atoms. The molecule has 8 heteroatoms. The van der Waals surface area contributed by atoms with Gasteiger partial charge in [0.2, 0.25) is 5.13 Å². The van der Waals surface area contributed by atoms with Crippen molar-refractivity contribution in [3.05, 3.63) is 5.01 Å². The van der Waals surface area contributed by atoms with Crippen molar-refractivity contribution in [3.8, 4) is 0 Å². The Morgan fingerprint density at radius 2 is 1.78 bits per heavy atom. The van der Waals surface area contributed by atoms with Gasteiger partial charge in [-0.15, -0.1) is 10.2 Å². The number of hydrogen-bond donors (Lipinski definition) is 0. The predicted molar refractivity (Wildman–Crippen MR) is 90.2 cm³/mol. The van der Waals surface area contributed by atoms with E-state index in [1.54, 1.807) is 11.3 Å². The van der Waals surface area contributed by atoms with Crippen molar-refractivity contribution in [2.45, 2.75) is 26.2 Å². The minimum absolute atomic E-state index is 0.148. The number of amides is 2. The van der Waals surface area contributed by atoms with Crippen molar-refractivity contribution in [1.82, 2.24) is 20.0 Å². The van der Waals surface area contributed by atoms with E-state index in [2.05, 4.69) is 28.9 Å². The van der Waals surface area contributed by atoms with Crippen LogP contribution in [0.4, 0.5) is 9.93 Å². The molecule has 0 aromatic carbocycles. The van der Waals surface area contributed by atoms with Crippen molar-refractivity contribution in [2.24, 2.45) is 0 Å². The summed E-state index contributed by atoms with van der Waals surface area (Å²) >= 11 is 1.67. The Bertz CT molecular complexity index is 530. The van der Waals surface area contributed by atoms with Gasteiger partial charge < -0.3 is 19.4 Å². The molecule has 0 radical (unpaired) electrons. The molecule has 1 aromatic rings. The molecule has 0 atom stereocenters. The molecule has 2 aliphatic rings. The highest BCUT2D eigenvalue weighted by Crippen LogP contribution is 2.26. The molecule has 3 heterocycles. The summed E-state index contributed by atoms with van der Waals surface area (Å²) in [5.74, 6) is 0.410. The van der Waals surface area contributed by atoms with Crippen molar-refractivity contribution in [3.63, 3.8) is 0 Å². The molecule has 2 amide bonds. The minimum Gasteiger partial charge on any atom is -0.378 e. The molecule has 0 unspecified atom stereocenters. The second-order valence-electron chi connectivity index (χ2n) is 6.29. The fourth-order valence-corrected chi connectivity index (χ4v) is 3.74. The second-order valence-corrected chi connectivity index (χ2v) is 7.27. The maximum absolute atomic E-state index is 12.6. The first-order valence-corrected chi connectivity index (χ1v) is 9.16. The first kappa shape index (κ1) is 16.4. The van der Waals surface area contributed by atoms with Crippen molar-refractivity contribution < 1.29 is 9.53 Å². The van der Waals surface area contributed by atoms with Gasteiger partial charge in [-0.25, -0.2) is 4.79 Å². The third-order valence-corrected chi connectivity index (χ3v) is 5.53. The van der Waals surface area contributed by atoms with Crippen LogP contribution in [0.2, 0.25) is 0 Å². The highest BCUT2D eigenvalue weighted by atomic mass is 32.1. The SMILES string of the molecule is CC(C)c1nnc(N2CCCN(C(=O)N3CCOCC3)CC2)s1. The summed E-state index contributed by atoms with van der Waals surface area (Å²) in [5.41, 5.74) is 0. The number of aromatic nitrogens is 2. The summed E-state index contributed by atoms with van der Waals surface area (Å²) in [6, 6.07) is 0.148. The first-order chi connectivity index (χ1) is 11.1. The lowest BCUT2D eigenvalue weighted by Crippen LogP contribution is -2.49. The fourth-order valence-electron chi connectivity index (χ4n) is 2.84. The molecule has 0 saturated carbocycles. The Labute approximate surface area is 141 Å². The standard InChI is InChI=1S/C15H25N5O2S/c1-12(2)13-16-17-14(23-13)18-4-3-5-19(7-6-18)15(21)20-8-10-22-11-9-20/h12H,3-11H2,1-2H3. The normalized spacial score (nSPS) is 20.0. The molecule has 0 N–H and O–H groups in total. The van der Waals surface area contributed by atoms with Gasteiger partial charge in [0.15, 0.2) is 0 Å². The van der Waals surface area contributed by atoms with Crippen LogP contribution in [0.1, 0.15) is 31.2 Å². The number of morpholine rings is 1. The highest BCUT2D eigenvalue weighted by molar-refractivity contribution is 7.15. The van der Waals surface area contributed by atoms with E-state index in [1.807, 2.05) is 9.80 Å². The summed E-state index contributed by atoms with van der Waals surface area (Å²) < 4.78 is 5.32. The molecular weight excluding hydrogens is 314 g/mol. The lowest BCUT2D eigenvalue weighted by Gasteiger charge is -2.32. The maximum atomic E-state index is 12.6. The minimum atomic E-state index is 0.148. The van der Waals surface area contributed by atoms with E-state index in [4.69, 9.17) is 4.74 Å². The van der Waals surface area contributed by atoms with Gasteiger partial charge in [-0.05, 0) is 6.42 Å². The van der Waals surface area contributed by atoms with Crippen LogP contribution in [0.5, 0.6) is 0 Å². The second kappa shape index (κ2) is 7.44. The number of hydrogen-bond acceptors (Lipinski definition) is 6. The van der Waals surface area contributed by atoms with Gasteiger partial charge >= 0.3 is 6.03 Å². The zero-order chi connectivity index (χ0) is 16.2. The Morgan fingerprint density at radius 1 is 1.04 bits per heavy atom. The molecule has 2 saturated heterocycles. The number of anilines is 1. The quantitative estimate of drug-likeness (QED) is 0.819. The zero-order valence-electron chi connectivity index (χ0n) is 13.9. The van der Waals surface area contributed by atoms with E-state index in [0.717, 1.165) is 42.7 Å². The number of carbonyl (C=O) groups is 1. The number of urea groups is 1. The van der Waals surface area contributed by atoms with E-state index in [0.29, 0.717) is 32.2 Å². The largest absolute Gasteiger partial charge is 0.378 e. The molecule has 0 aliphatic carbocycles. The molecule has 3 rings (SSSR count). The van der Waals surface area contributed by atoms with Crippen LogP contribution in [0.15, 0.2) is 0 Å². The van der Waals surface area contributed by atoms with E-state index in [-0.39, 0.29) is 6.03 Å². The van der Waals surface area contributed by atoms with Crippen LogP contribution in [0.25, 0.3) is 0 Å². The zero-order valence-corrected chi connectivity index (χ0v) is 14.7. The average molecular weight is 339 g/mol. The maximum Gasteiger partial charge on any atom is 0.320 e. The monoisotopic (exact) mass is 339 g/mol. The Kier molecular flexibility index (Phi) is 5.32. The van der Waals surface area contributed by atoms with Gasteiger partial charge in [-0.1, -0.05) is 25.2 Å². The molecule has 1 aromatic heterocycles. The van der Waals surface area contributed by atoms with E-state index in [1.165, 1.54) is 0 Å². The third-order valence-electron chi connectivity index (χ3n) is 4.24. The van der Waals surface area contributed by atoms with Crippen molar-refractivity contribution in [1.29, 1.82) is 0 Å². The molecular formula is C15H25N5O2S. The summed E-state index contributed by atoms with van der Waals surface area (Å²) in [6.45, 7) is 10.3. The van der Waals surface area contributed by atoms with Gasteiger partial charge in [-0.2, -0.15) is 0 Å². The molecule has 2 fully saturated rings. The van der Waals surface area contributed by atoms with Crippen LogP contribution in [0, 0.1) is 0 Å². The highest BCUT2D eigenvalue weighted by Gasteiger charge is 2.26. The van der Waals surface area contributed by atoms with Gasteiger partial charge in [0.1, 0.15) is 5.01 Å². The lowest BCUT2D eigenvalue weighted by atomic mass is 10.2. The smallest absolute Gasteiger partial charge is 0.320 e. The van der Waals surface area contributed by atoms with Crippen LogP contribution in [-0.4, -0.2) is 78.5 Å². The van der Waals surface area contributed by atoms with E-state index in [9.17, 15) is 4.79 Å². The van der Waals surface area contributed by atoms with Crippen LogP contribution in [0.3, 0.4) is 0 Å². The molecule has 0 spiro atoms. The van der Waals surface area contributed by atoms with Gasteiger partial charge in [-0.3, -0.25) is 0 Å². The van der Waals surface area contributed by atoms with Gasteiger partial charge in [0, 0.05) is 45.2 Å². The van der Waals surface area contributed by atoms with E-state index < -0.39 is 0 Å². The number of rotatable bonds is 2. The van der Waals surface area contributed by atoms with Gasteiger partial charge in [0.05, 0.1) is 13.2 Å². The first-order valence-electron chi connectivity index (χ1n) is 8.35. The summed E-state index contributed by atoms with van der Waals surface area (Å²) in [4.78, 5) is 18.7. The average Bonchev–Trinajstić information content (AvgIpc) is 2.94. The van der Waals surface area contributed by atoms with E-state index >= 15 is 0 Å². The Morgan fingerprint density at radius 3 is 2.48 bits per heavy atom. The molecule has 0 bridgehead atoms. The molecule has 2 aliphatic heterocycles. The van der Waals surface area contributed by atoms with Crippen LogP contribution >= 0.6 is 11.3 Å². The van der Waals surface area contributed by atoms with Gasteiger partial charge in [0.25, 0.3) is 0 Å². The molecule has 128 valence electrons. The topological polar surface area (TPSA) is 61.8 Å². The third kappa shape index (κ3) is 3.92. The number of nitrogens with zero attached hydrogens (tertiary/aromatic N) is 5. The Hall–Kier alpha value is -1.41.